The lowest BCUT2D eigenvalue weighted by Gasteiger charge is -2.37. The summed E-state index contributed by atoms with van der Waals surface area (Å²) in [5, 5.41) is 3.61. The molecular formula is C12H20N4O4. The van der Waals surface area contributed by atoms with Crippen molar-refractivity contribution in [3.63, 3.8) is 0 Å². The van der Waals surface area contributed by atoms with E-state index in [1.807, 2.05) is 0 Å². The van der Waals surface area contributed by atoms with Crippen LogP contribution in [-0.2, 0) is 14.3 Å². The average Bonchev–Trinajstić information content (AvgIpc) is 2.36. The Hall–Kier alpha value is -1.95. The highest BCUT2D eigenvalue weighted by molar-refractivity contribution is 5.81. The van der Waals surface area contributed by atoms with Crippen LogP contribution in [0.1, 0.15) is 33.6 Å². The van der Waals surface area contributed by atoms with Crippen LogP contribution in [-0.4, -0.2) is 48.3 Å². The normalized spacial score (nSPS) is 22.7. The zero-order valence-corrected chi connectivity index (χ0v) is 12.2. The first-order valence-corrected chi connectivity index (χ1v) is 6.40. The van der Waals surface area contributed by atoms with Crippen molar-refractivity contribution in [3.8, 4) is 0 Å². The van der Waals surface area contributed by atoms with Crippen LogP contribution in [0.5, 0.6) is 0 Å². The van der Waals surface area contributed by atoms with Gasteiger partial charge in [0, 0.05) is 11.5 Å². The summed E-state index contributed by atoms with van der Waals surface area (Å²) in [5.41, 5.74) is 7.82. The lowest BCUT2D eigenvalue weighted by molar-refractivity contribution is -0.148. The maximum atomic E-state index is 12.2. The Bertz CT molecular complexity index is 426. The Balaban J connectivity index is 2.88. The summed E-state index contributed by atoms with van der Waals surface area (Å²) in [7, 11) is 1.27. The lowest BCUT2D eigenvalue weighted by Crippen LogP contribution is -2.53. The summed E-state index contributed by atoms with van der Waals surface area (Å²) in [6.45, 7) is 5.38. The third-order valence-electron chi connectivity index (χ3n) is 2.87. The second kappa shape index (κ2) is 6.47. The van der Waals surface area contributed by atoms with E-state index in [2.05, 4.69) is 10.0 Å². The molecule has 1 amide bonds. The van der Waals surface area contributed by atoms with Gasteiger partial charge in [0.2, 0.25) is 0 Å². The predicted octanol–water partition coefficient (Wildman–Crippen LogP) is 2.24. The van der Waals surface area contributed by atoms with Gasteiger partial charge >= 0.3 is 12.1 Å². The van der Waals surface area contributed by atoms with Crippen molar-refractivity contribution < 1.29 is 19.1 Å². The minimum Gasteiger partial charge on any atom is -0.467 e. The number of hydrogen-bond acceptors (Lipinski definition) is 5. The lowest BCUT2D eigenvalue weighted by atomic mass is 9.99. The molecule has 0 aromatic rings. The first-order chi connectivity index (χ1) is 9.28. The average molecular weight is 284 g/mol. The first kappa shape index (κ1) is 16.1. The highest BCUT2D eigenvalue weighted by Gasteiger charge is 2.38. The molecule has 0 aromatic carbocycles. The Kier molecular flexibility index (Phi) is 5.21. The number of rotatable bonds is 2. The maximum absolute atomic E-state index is 12.2. The fraction of sp³-hybridized carbons (Fsp3) is 0.833. The topological polar surface area (TPSA) is 105 Å². The second-order valence-corrected chi connectivity index (χ2v) is 5.61. The number of carbonyl (C=O) groups is 2. The summed E-state index contributed by atoms with van der Waals surface area (Å²) in [4.78, 5) is 27.9. The molecule has 1 aliphatic rings. The van der Waals surface area contributed by atoms with Crippen LogP contribution < -0.4 is 0 Å². The van der Waals surface area contributed by atoms with Gasteiger partial charge in [0.05, 0.1) is 13.2 Å². The smallest absolute Gasteiger partial charge is 0.411 e. The van der Waals surface area contributed by atoms with E-state index in [0.717, 1.165) is 0 Å². The summed E-state index contributed by atoms with van der Waals surface area (Å²) < 4.78 is 9.98. The summed E-state index contributed by atoms with van der Waals surface area (Å²) in [6, 6.07) is -1.05. The van der Waals surface area contributed by atoms with E-state index in [-0.39, 0.29) is 12.6 Å². The summed E-state index contributed by atoms with van der Waals surface area (Å²) >= 11 is 0. The van der Waals surface area contributed by atoms with Gasteiger partial charge in [-0.25, -0.2) is 9.59 Å². The van der Waals surface area contributed by atoms with Crippen LogP contribution in [0, 0.1) is 0 Å². The third kappa shape index (κ3) is 4.31. The van der Waals surface area contributed by atoms with Crippen molar-refractivity contribution in [2.45, 2.75) is 51.3 Å². The van der Waals surface area contributed by atoms with Crippen molar-refractivity contribution >= 4 is 12.1 Å². The van der Waals surface area contributed by atoms with Gasteiger partial charge in [-0.1, -0.05) is 5.11 Å². The van der Waals surface area contributed by atoms with E-state index in [1.54, 1.807) is 20.8 Å². The minimum absolute atomic E-state index is 0.152. The Morgan fingerprint density at radius 3 is 2.50 bits per heavy atom. The molecule has 0 saturated carbocycles. The second-order valence-electron chi connectivity index (χ2n) is 5.61. The molecule has 0 N–H and O–H groups in total. The van der Waals surface area contributed by atoms with Crippen LogP contribution in [0.15, 0.2) is 5.11 Å². The number of azide groups is 1. The molecule has 1 heterocycles. The molecule has 1 saturated heterocycles. The van der Waals surface area contributed by atoms with Gasteiger partial charge in [-0.05, 0) is 39.1 Å². The van der Waals surface area contributed by atoms with Gasteiger partial charge in [0.1, 0.15) is 11.6 Å². The van der Waals surface area contributed by atoms with Crippen molar-refractivity contribution in [3.05, 3.63) is 10.4 Å². The number of carbonyl (C=O) groups excluding carboxylic acids is 2. The molecule has 0 radical (unpaired) electrons. The number of nitrogens with zero attached hydrogens (tertiary/aromatic N) is 4. The molecule has 0 aliphatic carbocycles. The minimum atomic E-state index is -0.694. The third-order valence-corrected chi connectivity index (χ3v) is 2.87. The monoisotopic (exact) mass is 284 g/mol. The highest BCUT2D eigenvalue weighted by Crippen LogP contribution is 2.23. The number of piperidine rings is 1. The molecule has 8 nitrogen and oxygen atoms in total. The molecule has 8 heteroatoms. The maximum Gasteiger partial charge on any atom is 0.411 e. The van der Waals surface area contributed by atoms with Crippen LogP contribution in [0.4, 0.5) is 4.79 Å². The number of ether oxygens (including phenoxy) is 2. The van der Waals surface area contributed by atoms with Crippen molar-refractivity contribution in [1.29, 1.82) is 0 Å². The van der Waals surface area contributed by atoms with Gasteiger partial charge in [-0.3, -0.25) is 4.90 Å². The molecule has 1 rings (SSSR count). The quantitative estimate of drug-likeness (QED) is 0.335. The van der Waals surface area contributed by atoms with Crippen molar-refractivity contribution in [1.82, 2.24) is 4.90 Å². The number of likely N-dealkylation sites (tertiary alicyclic amines) is 1. The van der Waals surface area contributed by atoms with Crippen LogP contribution in [0.25, 0.3) is 10.4 Å². The van der Waals surface area contributed by atoms with Gasteiger partial charge in [-0.2, -0.15) is 0 Å². The summed E-state index contributed by atoms with van der Waals surface area (Å²) in [6.07, 6.45) is 0.310. The summed E-state index contributed by atoms with van der Waals surface area (Å²) in [5.74, 6) is -0.491. The molecule has 112 valence electrons. The van der Waals surface area contributed by atoms with E-state index in [4.69, 9.17) is 15.0 Å². The Morgan fingerprint density at radius 2 is 2.00 bits per heavy atom. The van der Waals surface area contributed by atoms with E-state index >= 15 is 0 Å². The molecule has 20 heavy (non-hydrogen) atoms. The SMILES string of the molecule is COC(=O)[C@@H]1CC[C@@H](N=[N+]=[N-])CN1C(=O)OC(C)(C)C. The first-order valence-electron chi connectivity index (χ1n) is 6.40. The molecule has 0 unspecified atom stereocenters. The molecule has 0 bridgehead atoms. The van der Waals surface area contributed by atoms with Crippen LogP contribution in [0.2, 0.25) is 0 Å². The fourth-order valence-electron chi connectivity index (χ4n) is 2.02. The van der Waals surface area contributed by atoms with E-state index in [1.165, 1.54) is 12.0 Å². The molecule has 2 atom stereocenters. The number of hydrogen-bond donors (Lipinski definition) is 0. The van der Waals surface area contributed by atoms with Gasteiger partial charge in [-0.15, -0.1) is 0 Å². The molecule has 0 spiro atoms. The van der Waals surface area contributed by atoms with Gasteiger partial charge < -0.3 is 9.47 Å². The zero-order valence-electron chi connectivity index (χ0n) is 12.2. The largest absolute Gasteiger partial charge is 0.467 e. The van der Waals surface area contributed by atoms with E-state index in [0.29, 0.717) is 12.8 Å². The van der Waals surface area contributed by atoms with E-state index in [9.17, 15) is 9.59 Å². The highest BCUT2D eigenvalue weighted by atomic mass is 16.6. The van der Waals surface area contributed by atoms with Crippen LogP contribution in [0.3, 0.4) is 0 Å². The van der Waals surface area contributed by atoms with Gasteiger partial charge in [0.25, 0.3) is 0 Å². The van der Waals surface area contributed by atoms with Crippen molar-refractivity contribution in [2.24, 2.45) is 5.11 Å². The predicted molar refractivity (Wildman–Crippen MR) is 70.9 cm³/mol. The molecule has 0 aromatic heterocycles. The zero-order chi connectivity index (χ0) is 15.3. The standard InChI is InChI=1S/C12H20N4O4/c1-12(2,3)20-11(18)16-7-8(14-15-13)5-6-9(16)10(17)19-4/h8-9H,5-7H2,1-4H3/t8-,9+/m1/s1. The Morgan fingerprint density at radius 1 is 1.35 bits per heavy atom. The molecule has 1 fully saturated rings. The Labute approximate surface area is 117 Å². The molecular weight excluding hydrogens is 264 g/mol. The van der Waals surface area contributed by atoms with Crippen molar-refractivity contribution in [2.75, 3.05) is 13.7 Å². The van der Waals surface area contributed by atoms with Gasteiger partial charge in [0.15, 0.2) is 0 Å². The molecule has 1 aliphatic heterocycles. The van der Waals surface area contributed by atoms with E-state index < -0.39 is 23.7 Å². The number of methoxy groups -OCH3 is 1. The number of esters is 1. The number of amides is 1. The fourth-order valence-corrected chi connectivity index (χ4v) is 2.02. The van der Waals surface area contributed by atoms with Crippen LogP contribution >= 0.6 is 0 Å².